The third-order valence-corrected chi connectivity index (χ3v) is 7.26. The Bertz CT molecular complexity index is 1390. The molecule has 0 saturated carbocycles. The van der Waals surface area contributed by atoms with E-state index >= 15 is 0 Å². The van der Waals surface area contributed by atoms with Crippen LogP contribution in [0.3, 0.4) is 0 Å². The highest BCUT2D eigenvalue weighted by atomic mass is 19.4. The van der Waals surface area contributed by atoms with Gasteiger partial charge >= 0.3 is 12.1 Å². The van der Waals surface area contributed by atoms with Gasteiger partial charge in [0.1, 0.15) is 12.2 Å². The van der Waals surface area contributed by atoms with Crippen LogP contribution in [0.2, 0.25) is 0 Å². The van der Waals surface area contributed by atoms with Gasteiger partial charge in [-0.15, -0.1) is 0 Å². The van der Waals surface area contributed by atoms with Gasteiger partial charge in [0.05, 0.1) is 6.67 Å². The van der Waals surface area contributed by atoms with Crippen molar-refractivity contribution in [2.24, 2.45) is 5.92 Å². The van der Waals surface area contributed by atoms with E-state index in [1.165, 1.54) is 10.8 Å². The number of carbonyl (C=O) groups is 2. The first kappa shape index (κ1) is 27.4. The molecule has 2 amide bonds. The van der Waals surface area contributed by atoms with Gasteiger partial charge in [0.25, 0.3) is 5.56 Å². The fourth-order valence-corrected chi connectivity index (χ4v) is 5.17. The molecule has 1 aliphatic rings. The minimum atomic E-state index is -4.94. The third kappa shape index (κ3) is 5.92. The van der Waals surface area contributed by atoms with Crippen molar-refractivity contribution in [3.05, 3.63) is 64.0 Å². The van der Waals surface area contributed by atoms with E-state index in [4.69, 9.17) is 0 Å². The van der Waals surface area contributed by atoms with Crippen molar-refractivity contribution >= 4 is 22.7 Å². The molecule has 3 aromatic rings. The first-order chi connectivity index (χ1) is 18.0. The number of aromatic nitrogens is 3. The largest absolute Gasteiger partial charge is 0.471 e. The predicted molar refractivity (Wildman–Crippen MR) is 136 cm³/mol. The number of carbonyl (C=O) groups excluding carboxylic acids is 2. The van der Waals surface area contributed by atoms with Crippen molar-refractivity contribution in [1.82, 2.24) is 24.3 Å². The monoisotopic (exact) mass is 531 g/mol. The van der Waals surface area contributed by atoms with E-state index in [0.717, 1.165) is 21.4 Å². The number of hydrogen-bond acceptors (Lipinski definition) is 4. The summed E-state index contributed by atoms with van der Waals surface area (Å²) >= 11 is 0. The Morgan fingerprint density at radius 3 is 2.66 bits per heavy atom. The molecule has 1 aromatic carbocycles. The molecule has 2 atom stereocenters. The standard InChI is InChI=1S/C27H32F3N5O3/c1-17-10-11-34(26(38)27(28,29)30)20(12-17)8-9-22-25(37)35(19(3)13-31-22)15-24(36)32-16-33-14-18(2)21-6-4-5-7-23(21)33/h4-7,13-14,17,20H,8-12,15-16H2,1-3H3,(H,32,36)/t17-,20-/m1/s1. The van der Waals surface area contributed by atoms with Gasteiger partial charge in [-0.2, -0.15) is 13.2 Å². The third-order valence-electron chi connectivity index (χ3n) is 7.26. The molecular weight excluding hydrogens is 499 g/mol. The summed E-state index contributed by atoms with van der Waals surface area (Å²) in [4.78, 5) is 42.9. The normalized spacial score (nSPS) is 18.1. The van der Waals surface area contributed by atoms with Gasteiger partial charge in [-0.3, -0.25) is 19.4 Å². The van der Waals surface area contributed by atoms with E-state index < -0.39 is 23.7 Å². The van der Waals surface area contributed by atoms with Crippen molar-refractivity contribution in [1.29, 1.82) is 0 Å². The molecule has 0 aliphatic carbocycles. The number of para-hydroxylation sites is 1. The molecule has 0 spiro atoms. The van der Waals surface area contributed by atoms with Gasteiger partial charge in [-0.05, 0) is 57.1 Å². The van der Waals surface area contributed by atoms with Gasteiger partial charge in [0, 0.05) is 41.6 Å². The first-order valence-electron chi connectivity index (χ1n) is 12.7. The molecule has 1 N–H and O–H groups in total. The van der Waals surface area contributed by atoms with Crippen molar-refractivity contribution in [2.75, 3.05) is 6.54 Å². The number of nitrogens with zero attached hydrogens (tertiary/aromatic N) is 4. The lowest BCUT2D eigenvalue weighted by molar-refractivity contribution is -0.189. The van der Waals surface area contributed by atoms with Crippen molar-refractivity contribution < 1.29 is 22.8 Å². The molecule has 1 aliphatic heterocycles. The highest BCUT2D eigenvalue weighted by Crippen LogP contribution is 2.29. The van der Waals surface area contributed by atoms with Gasteiger partial charge in [-0.25, -0.2) is 0 Å². The summed E-state index contributed by atoms with van der Waals surface area (Å²) in [6.07, 6.45) is -0.287. The Balaban J connectivity index is 1.43. The molecule has 1 saturated heterocycles. The molecule has 11 heteroatoms. The Morgan fingerprint density at radius 1 is 1.18 bits per heavy atom. The van der Waals surface area contributed by atoms with E-state index in [0.29, 0.717) is 18.5 Å². The quantitative estimate of drug-likeness (QED) is 0.504. The zero-order valence-corrected chi connectivity index (χ0v) is 21.7. The number of halogens is 3. The van der Waals surface area contributed by atoms with Crippen LogP contribution in [-0.4, -0.2) is 49.6 Å². The second kappa shape index (κ2) is 11.0. The van der Waals surface area contributed by atoms with Gasteiger partial charge in [0.15, 0.2) is 0 Å². The smallest absolute Gasteiger partial charge is 0.337 e. The zero-order chi connectivity index (χ0) is 27.6. The van der Waals surface area contributed by atoms with Crippen molar-refractivity contribution in [3.8, 4) is 0 Å². The molecule has 4 rings (SSSR count). The lowest BCUT2D eigenvalue weighted by atomic mass is 9.89. The average Bonchev–Trinajstić information content (AvgIpc) is 3.19. The SMILES string of the molecule is Cc1cn(CNC(=O)Cn2c(C)cnc(CC[C@@H]3C[C@H](C)CCN3C(=O)C(F)(F)F)c2=O)c2ccccc12. The summed E-state index contributed by atoms with van der Waals surface area (Å²) in [7, 11) is 0. The molecule has 3 heterocycles. The Labute approximate surface area is 218 Å². The number of hydrogen-bond donors (Lipinski definition) is 1. The Hall–Kier alpha value is -3.63. The van der Waals surface area contributed by atoms with Crippen LogP contribution in [0.15, 0.2) is 41.5 Å². The molecule has 2 aromatic heterocycles. The van der Waals surface area contributed by atoms with Crippen molar-refractivity contribution in [2.45, 2.75) is 71.9 Å². The maximum Gasteiger partial charge on any atom is 0.471 e. The number of benzene rings is 1. The second-order valence-electron chi connectivity index (χ2n) is 10.1. The molecule has 0 unspecified atom stereocenters. The number of likely N-dealkylation sites (tertiary alicyclic amines) is 1. The summed E-state index contributed by atoms with van der Waals surface area (Å²) in [5.74, 6) is -2.03. The van der Waals surface area contributed by atoms with Crippen LogP contribution in [0.1, 0.15) is 43.1 Å². The van der Waals surface area contributed by atoms with Gasteiger partial charge in [-0.1, -0.05) is 25.1 Å². The van der Waals surface area contributed by atoms with Gasteiger partial charge < -0.3 is 19.4 Å². The maximum absolute atomic E-state index is 13.1. The summed E-state index contributed by atoms with van der Waals surface area (Å²) in [5, 5.41) is 3.93. The number of rotatable bonds is 7. The number of alkyl halides is 3. The van der Waals surface area contributed by atoms with Crippen LogP contribution in [0.4, 0.5) is 13.2 Å². The molecule has 0 bridgehead atoms. The molecule has 1 fully saturated rings. The number of piperidine rings is 1. The van der Waals surface area contributed by atoms with E-state index in [9.17, 15) is 27.6 Å². The molecule has 38 heavy (non-hydrogen) atoms. The van der Waals surface area contributed by atoms with E-state index in [-0.39, 0.29) is 50.1 Å². The highest BCUT2D eigenvalue weighted by Gasteiger charge is 2.45. The van der Waals surface area contributed by atoms with E-state index in [1.54, 1.807) is 6.92 Å². The van der Waals surface area contributed by atoms with Crippen LogP contribution in [0.25, 0.3) is 10.9 Å². The minimum Gasteiger partial charge on any atom is -0.337 e. The van der Waals surface area contributed by atoms with E-state index in [2.05, 4.69) is 10.3 Å². The second-order valence-corrected chi connectivity index (χ2v) is 10.1. The first-order valence-corrected chi connectivity index (χ1v) is 12.7. The van der Waals surface area contributed by atoms with Crippen LogP contribution in [0, 0.1) is 19.8 Å². The maximum atomic E-state index is 13.1. The topological polar surface area (TPSA) is 89.2 Å². The van der Waals surface area contributed by atoms with E-state index in [1.807, 2.05) is 48.9 Å². The average molecular weight is 532 g/mol. The molecular formula is C27H32F3N5O3. The summed E-state index contributed by atoms with van der Waals surface area (Å²) in [6.45, 7) is 5.66. The number of nitrogens with one attached hydrogen (secondary N) is 1. The minimum absolute atomic E-state index is 0.0338. The van der Waals surface area contributed by atoms with Crippen LogP contribution in [0.5, 0.6) is 0 Å². The van der Waals surface area contributed by atoms with Gasteiger partial charge in [0.2, 0.25) is 5.91 Å². The number of aryl methyl sites for hydroxylation is 3. The Kier molecular flexibility index (Phi) is 7.94. The number of amides is 2. The Morgan fingerprint density at radius 2 is 1.92 bits per heavy atom. The zero-order valence-electron chi connectivity index (χ0n) is 21.7. The summed E-state index contributed by atoms with van der Waals surface area (Å²) in [6, 6.07) is 7.22. The fraction of sp³-hybridized carbons (Fsp3) is 0.481. The van der Waals surface area contributed by atoms with Crippen molar-refractivity contribution in [3.63, 3.8) is 0 Å². The highest BCUT2D eigenvalue weighted by molar-refractivity contribution is 5.84. The number of fused-ring (bicyclic) bond motifs is 1. The summed E-state index contributed by atoms with van der Waals surface area (Å²) in [5.41, 5.74) is 2.27. The lowest BCUT2D eigenvalue weighted by Gasteiger charge is -2.38. The molecule has 8 nitrogen and oxygen atoms in total. The lowest BCUT2D eigenvalue weighted by Crippen LogP contribution is -2.51. The molecule has 204 valence electrons. The van der Waals surface area contributed by atoms with Crippen LogP contribution < -0.4 is 10.9 Å². The van der Waals surface area contributed by atoms with Crippen LogP contribution in [-0.2, 0) is 29.2 Å². The molecule has 0 radical (unpaired) electrons. The fourth-order valence-electron chi connectivity index (χ4n) is 5.17. The van der Waals surface area contributed by atoms with Crippen LogP contribution >= 0.6 is 0 Å². The summed E-state index contributed by atoms with van der Waals surface area (Å²) < 4.78 is 42.6. The predicted octanol–water partition coefficient (Wildman–Crippen LogP) is 3.71.